The number of urea groups is 1. The van der Waals surface area contributed by atoms with E-state index in [1.165, 1.54) is 6.26 Å². The Balaban J connectivity index is 1.74. The third-order valence-corrected chi connectivity index (χ3v) is 3.81. The highest BCUT2D eigenvalue weighted by molar-refractivity contribution is 5.96. The number of hydrogen-bond acceptors (Lipinski definition) is 6. The molecule has 0 bridgehead atoms. The number of methoxy groups -OCH3 is 1. The summed E-state index contributed by atoms with van der Waals surface area (Å²) in [4.78, 5) is 37.5. The summed E-state index contributed by atoms with van der Waals surface area (Å²) in [5.74, 6) is 0.501. The van der Waals surface area contributed by atoms with Crippen molar-refractivity contribution in [1.29, 1.82) is 0 Å². The number of carbonyl (C=O) groups is 3. The minimum atomic E-state index is -0.625. The smallest absolute Gasteiger partial charge is 0.321 e. The highest BCUT2D eigenvalue weighted by Gasteiger charge is 2.15. The summed E-state index contributed by atoms with van der Waals surface area (Å²) in [5.41, 5.74) is 0.628. The van der Waals surface area contributed by atoms with Crippen LogP contribution in [-0.4, -0.2) is 49.5 Å². The molecule has 0 saturated carbocycles. The van der Waals surface area contributed by atoms with E-state index in [0.717, 1.165) is 0 Å². The maximum absolute atomic E-state index is 12.2. The van der Waals surface area contributed by atoms with Crippen LogP contribution in [0.1, 0.15) is 12.7 Å². The van der Waals surface area contributed by atoms with Crippen LogP contribution in [0.5, 0.6) is 5.75 Å². The minimum Gasteiger partial charge on any atom is -0.497 e. The molecule has 0 saturated heterocycles. The van der Waals surface area contributed by atoms with Crippen molar-refractivity contribution in [3.05, 3.63) is 48.4 Å². The number of likely N-dealkylation sites (N-methyl/N-ethyl adjacent to an activating group) is 1. The van der Waals surface area contributed by atoms with Crippen molar-refractivity contribution in [2.24, 2.45) is 0 Å². The van der Waals surface area contributed by atoms with Gasteiger partial charge in [-0.1, -0.05) is 6.92 Å². The summed E-state index contributed by atoms with van der Waals surface area (Å²) in [6.07, 6.45) is 1.50. The fraction of sp³-hybridized carbons (Fsp3) is 0.316. The molecular formula is C19H24N4O5. The molecule has 2 rings (SSSR count). The van der Waals surface area contributed by atoms with Gasteiger partial charge in [-0.2, -0.15) is 0 Å². The van der Waals surface area contributed by atoms with Crippen LogP contribution >= 0.6 is 0 Å². The number of ether oxygens (including phenoxy) is 1. The zero-order valence-corrected chi connectivity index (χ0v) is 15.9. The molecule has 0 atom stereocenters. The zero-order chi connectivity index (χ0) is 20.4. The monoisotopic (exact) mass is 388 g/mol. The molecule has 9 heteroatoms. The van der Waals surface area contributed by atoms with Crippen molar-refractivity contribution in [2.45, 2.75) is 13.5 Å². The van der Waals surface area contributed by atoms with Gasteiger partial charge in [-0.3, -0.25) is 19.8 Å². The normalized spacial score (nSPS) is 10.4. The fourth-order valence-corrected chi connectivity index (χ4v) is 2.35. The third kappa shape index (κ3) is 7.12. The van der Waals surface area contributed by atoms with Crippen molar-refractivity contribution in [3.8, 4) is 5.75 Å². The second-order valence-electron chi connectivity index (χ2n) is 5.89. The first-order chi connectivity index (χ1) is 13.5. The molecule has 150 valence electrons. The summed E-state index contributed by atoms with van der Waals surface area (Å²) < 4.78 is 10.2. The lowest BCUT2D eigenvalue weighted by Crippen LogP contribution is -2.45. The predicted molar refractivity (Wildman–Crippen MR) is 103 cm³/mol. The SMILES string of the molecule is CCN(CC(=O)NC(=O)NCc1ccco1)CC(=O)Nc1ccc(OC)cc1. The molecule has 3 N–H and O–H groups in total. The number of carbonyl (C=O) groups excluding carboxylic acids is 3. The largest absolute Gasteiger partial charge is 0.497 e. The highest BCUT2D eigenvalue weighted by atomic mass is 16.5. The lowest BCUT2D eigenvalue weighted by atomic mass is 10.3. The number of furan rings is 1. The summed E-state index contributed by atoms with van der Waals surface area (Å²) in [5, 5.41) is 7.49. The van der Waals surface area contributed by atoms with Gasteiger partial charge in [-0.05, 0) is 42.9 Å². The van der Waals surface area contributed by atoms with Crippen LogP contribution in [0, 0.1) is 0 Å². The Morgan fingerprint density at radius 2 is 1.79 bits per heavy atom. The van der Waals surface area contributed by atoms with Crippen molar-refractivity contribution >= 4 is 23.5 Å². The lowest BCUT2D eigenvalue weighted by Gasteiger charge is -2.19. The summed E-state index contributed by atoms with van der Waals surface area (Å²) in [6, 6.07) is 9.72. The van der Waals surface area contributed by atoms with Crippen molar-refractivity contribution in [1.82, 2.24) is 15.5 Å². The lowest BCUT2D eigenvalue weighted by molar-refractivity contribution is -0.122. The predicted octanol–water partition coefficient (Wildman–Crippen LogP) is 1.57. The first-order valence-electron chi connectivity index (χ1n) is 8.76. The number of nitrogens with zero attached hydrogens (tertiary/aromatic N) is 1. The molecule has 0 fully saturated rings. The Bertz CT molecular complexity index is 774. The van der Waals surface area contributed by atoms with Gasteiger partial charge in [-0.15, -0.1) is 0 Å². The van der Waals surface area contributed by atoms with Crippen molar-refractivity contribution in [3.63, 3.8) is 0 Å². The van der Waals surface area contributed by atoms with E-state index < -0.39 is 11.9 Å². The summed E-state index contributed by atoms with van der Waals surface area (Å²) >= 11 is 0. The van der Waals surface area contributed by atoms with Crippen molar-refractivity contribution < 1.29 is 23.5 Å². The molecule has 0 unspecified atom stereocenters. The average Bonchev–Trinajstić information content (AvgIpc) is 3.20. The molecule has 0 aliphatic rings. The highest BCUT2D eigenvalue weighted by Crippen LogP contribution is 2.14. The quantitative estimate of drug-likeness (QED) is 0.601. The number of hydrogen-bond donors (Lipinski definition) is 3. The molecule has 0 spiro atoms. The van der Waals surface area contributed by atoms with Crippen LogP contribution in [0.25, 0.3) is 0 Å². The zero-order valence-electron chi connectivity index (χ0n) is 15.9. The van der Waals surface area contributed by atoms with Gasteiger partial charge < -0.3 is 19.8 Å². The summed E-state index contributed by atoms with van der Waals surface area (Å²) in [6.45, 7) is 2.40. The number of nitrogens with one attached hydrogen (secondary N) is 3. The van der Waals surface area contributed by atoms with Crippen LogP contribution < -0.4 is 20.7 Å². The van der Waals surface area contributed by atoms with Crippen LogP contribution in [0.2, 0.25) is 0 Å². The second-order valence-corrected chi connectivity index (χ2v) is 5.89. The number of benzene rings is 1. The Morgan fingerprint density at radius 1 is 1.07 bits per heavy atom. The standard InChI is InChI=1S/C19H24N4O5/c1-3-23(12-17(24)21-14-6-8-15(27-2)9-7-14)13-18(25)22-19(26)20-11-16-5-4-10-28-16/h4-10H,3,11-13H2,1-2H3,(H,21,24)(H2,20,22,25,26). The summed E-state index contributed by atoms with van der Waals surface area (Å²) in [7, 11) is 1.56. The topological polar surface area (TPSA) is 113 Å². The van der Waals surface area contributed by atoms with E-state index in [0.29, 0.717) is 23.7 Å². The Hall–Kier alpha value is -3.33. The molecule has 28 heavy (non-hydrogen) atoms. The van der Waals surface area contributed by atoms with Gasteiger partial charge in [0.15, 0.2) is 0 Å². The molecule has 0 aliphatic heterocycles. The van der Waals surface area contributed by atoms with Gasteiger partial charge in [0.05, 0.1) is 33.0 Å². The number of amides is 4. The number of rotatable bonds is 9. The molecule has 0 aliphatic carbocycles. The Morgan fingerprint density at radius 3 is 2.39 bits per heavy atom. The van der Waals surface area contributed by atoms with Crippen LogP contribution in [0.15, 0.2) is 47.1 Å². The molecule has 2 aromatic rings. The molecule has 4 amide bonds. The van der Waals surface area contributed by atoms with Crippen LogP contribution in [-0.2, 0) is 16.1 Å². The van der Waals surface area contributed by atoms with Crippen molar-refractivity contribution in [2.75, 3.05) is 32.1 Å². The van der Waals surface area contributed by atoms with Gasteiger partial charge >= 0.3 is 6.03 Å². The maximum atomic E-state index is 12.2. The Kier molecular flexibility index (Phi) is 8.04. The van der Waals surface area contributed by atoms with E-state index >= 15 is 0 Å². The molecular weight excluding hydrogens is 364 g/mol. The van der Waals surface area contributed by atoms with E-state index in [1.54, 1.807) is 48.4 Å². The fourth-order valence-electron chi connectivity index (χ4n) is 2.35. The molecule has 1 heterocycles. The molecule has 0 radical (unpaired) electrons. The van der Waals surface area contributed by atoms with E-state index in [2.05, 4.69) is 16.0 Å². The maximum Gasteiger partial charge on any atom is 0.321 e. The van der Waals surface area contributed by atoms with Gasteiger partial charge in [0, 0.05) is 5.69 Å². The molecule has 1 aromatic heterocycles. The van der Waals surface area contributed by atoms with Crippen LogP contribution in [0.4, 0.5) is 10.5 Å². The van der Waals surface area contributed by atoms with E-state index in [1.807, 2.05) is 6.92 Å². The molecule has 9 nitrogen and oxygen atoms in total. The van der Waals surface area contributed by atoms with Gasteiger partial charge in [0.2, 0.25) is 11.8 Å². The van der Waals surface area contributed by atoms with Gasteiger partial charge in [0.25, 0.3) is 0 Å². The van der Waals surface area contributed by atoms with Gasteiger partial charge in [-0.25, -0.2) is 4.79 Å². The second kappa shape index (κ2) is 10.7. The number of anilines is 1. The number of imide groups is 1. The Labute approximate surface area is 163 Å². The third-order valence-electron chi connectivity index (χ3n) is 3.81. The minimum absolute atomic E-state index is 0.0178. The first kappa shape index (κ1) is 21.0. The van der Waals surface area contributed by atoms with Crippen LogP contribution in [0.3, 0.4) is 0 Å². The van der Waals surface area contributed by atoms with E-state index in [9.17, 15) is 14.4 Å². The molecule has 1 aromatic carbocycles. The van der Waals surface area contributed by atoms with E-state index in [-0.39, 0.29) is 25.5 Å². The van der Waals surface area contributed by atoms with E-state index in [4.69, 9.17) is 9.15 Å². The first-order valence-corrected chi connectivity index (χ1v) is 8.76. The van der Waals surface area contributed by atoms with Gasteiger partial charge in [0.1, 0.15) is 11.5 Å². The average molecular weight is 388 g/mol.